The molecule has 5 nitrogen and oxygen atoms in total. The first-order valence-electron chi connectivity index (χ1n) is 7.19. The van der Waals surface area contributed by atoms with Gasteiger partial charge in [-0.2, -0.15) is 0 Å². The van der Waals surface area contributed by atoms with Gasteiger partial charge in [0.15, 0.2) is 0 Å². The van der Waals surface area contributed by atoms with Gasteiger partial charge in [0.1, 0.15) is 5.01 Å². The lowest BCUT2D eigenvalue weighted by molar-refractivity contribution is 0.0600. The van der Waals surface area contributed by atoms with Crippen LogP contribution in [0.5, 0.6) is 0 Å². The van der Waals surface area contributed by atoms with Crippen LogP contribution in [0.15, 0.2) is 29.6 Å². The number of hydrogen-bond acceptors (Lipinski definition) is 6. The van der Waals surface area contributed by atoms with E-state index in [-0.39, 0.29) is 12.1 Å². The first kappa shape index (κ1) is 15.1. The van der Waals surface area contributed by atoms with Gasteiger partial charge in [-0.3, -0.25) is 4.90 Å². The van der Waals surface area contributed by atoms with Crippen LogP contribution in [0.25, 0.3) is 10.6 Å². The third-order valence-corrected chi connectivity index (χ3v) is 4.68. The largest absolute Gasteiger partial charge is 0.465 e. The Morgan fingerprint density at radius 1 is 1.45 bits per heavy atom. The van der Waals surface area contributed by atoms with Gasteiger partial charge in [0.25, 0.3) is 0 Å². The summed E-state index contributed by atoms with van der Waals surface area (Å²) >= 11 is 1.59. The Hall–Kier alpha value is -1.76. The average molecular weight is 318 g/mol. The third-order valence-electron chi connectivity index (χ3n) is 3.74. The quantitative estimate of drug-likeness (QED) is 0.875. The topological polar surface area (TPSA) is 62.7 Å². The van der Waals surface area contributed by atoms with Crippen molar-refractivity contribution in [2.24, 2.45) is 0 Å². The summed E-state index contributed by atoms with van der Waals surface area (Å²) in [6, 6.07) is 7.26. The number of thiazole rings is 1. The molecule has 0 radical (unpaired) electrons. The number of aromatic nitrogens is 1. The zero-order valence-corrected chi connectivity index (χ0v) is 13.2. The molecule has 2 aromatic rings. The van der Waals surface area contributed by atoms with Crippen LogP contribution < -0.4 is 0 Å². The van der Waals surface area contributed by atoms with Crippen molar-refractivity contribution in [1.82, 2.24) is 9.88 Å². The third kappa shape index (κ3) is 3.35. The molecule has 1 aliphatic rings. The van der Waals surface area contributed by atoms with Gasteiger partial charge < -0.3 is 9.84 Å². The molecular weight excluding hydrogens is 300 g/mol. The number of β-amino-alcohol motifs (C(OH)–C–C–N with tert-alkyl or cyclic N) is 1. The van der Waals surface area contributed by atoms with Crippen molar-refractivity contribution in [3.8, 4) is 10.6 Å². The van der Waals surface area contributed by atoms with Gasteiger partial charge in [-0.05, 0) is 18.6 Å². The molecule has 116 valence electrons. The first-order chi connectivity index (χ1) is 10.7. The van der Waals surface area contributed by atoms with Gasteiger partial charge in [-0.1, -0.05) is 12.1 Å². The molecule has 1 aromatic heterocycles. The summed E-state index contributed by atoms with van der Waals surface area (Å²) < 4.78 is 4.69. The lowest BCUT2D eigenvalue weighted by atomic mass is 10.1. The number of nitrogens with zero attached hydrogens (tertiary/aromatic N) is 2. The number of carbonyl (C=O) groups is 1. The summed E-state index contributed by atoms with van der Waals surface area (Å²) in [5.74, 6) is -0.334. The van der Waals surface area contributed by atoms with Crippen molar-refractivity contribution in [3.63, 3.8) is 0 Å². The number of aliphatic hydroxyl groups excluding tert-OH is 1. The van der Waals surface area contributed by atoms with Crippen LogP contribution in [-0.4, -0.2) is 47.3 Å². The van der Waals surface area contributed by atoms with E-state index in [4.69, 9.17) is 4.74 Å². The molecule has 1 aliphatic heterocycles. The minimum absolute atomic E-state index is 0.205. The molecular formula is C16H18N2O3S. The second-order valence-corrected chi connectivity index (χ2v) is 6.25. The monoisotopic (exact) mass is 318 g/mol. The number of hydrogen-bond donors (Lipinski definition) is 1. The Bertz CT molecular complexity index is 654. The fraction of sp³-hybridized carbons (Fsp3) is 0.375. The van der Waals surface area contributed by atoms with E-state index in [0.717, 1.165) is 42.3 Å². The van der Waals surface area contributed by atoms with Crippen LogP contribution in [0.2, 0.25) is 0 Å². The summed E-state index contributed by atoms with van der Waals surface area (Å²) in [7, 11) is 1.37. The van der Waals surface area contributed by atoms with Crippen molar-refractivity contribution >= 4 is 17.3 Å². The molecule has 0 bridgehead atoms. The number of rotatable bonds is 4. The summed E-state index contributed by atoms with van der Waals surface area (Å²) in [6.07, 6.45) is 0.635. The fourth-order valence-electron chi connectivity index (χ4n) is 2.56. The van der Waals surface area contributed by atoms with E-state index in [9.17, 15) is 9.90 Å². The highest BCUT2D eigenvalue weighted by molar-refractivity contribution is 7.13. The van der Waals surface area contributed by atoms with Crippen molar-refractivity contribution < 1.29 is 14.6 Å². The molecule has 3 rings (SSSR count). The van der Waals surface area contributed by atoms with Crippen LogP contribution in [0, 0.1) is 0 Å². The van der Waals surface area contributed by atoms with Gasteiger partial charge in [0.05, 0.1) is 24.5 Å². The first-order valence-corrected chi connectivity index (χ1v) is 8.07. The van der Waals surface area contributed by atoms with Crippen molar-refractivity contribution in [2.75, 3.05) is 20.2 Å². The van der Waals surface area contributed by atoms with E-state index in [1.165, 1.54) is 7.11 Å². The van der Waals surface area contributed by atoms with Gasteiger partial charge >= 0.3 is 5.97 Å². The predicted molar refractivity (Wildman–Crippen MR) is 84.8 cm³/mol. The van der Waals surface area contributed by atoms with Crippen LogP contribution in [-0.2, 0) is 11.3 Å². The van der Waals surface area contributed by atoms with Crippen molar-refractivity contribution in [2.45, 2.75) is 19.1 Å². The molecule has 0 unspecified atom stereocenters. The molecule has 1 saturated heterocycles. The van der Waals surface area contributed by atoms with E-state index in [1.807, 2.05) is 17.5 Å². The molecule has 2 heterocycles. The van der Waals surface area contributed by atoms with E-state index < -0.39 is 0 Å². The molecule has 22 heavy (non-hydrogen) atoms. The fourth-order valence-corrected chi connectivity index (χ4v) is 3.38. The maximum absolute atomic E-state index is 11.4. The summed E-state index contributed by atoms with van der Waals surface area (Å²) in [6.45, 7) is 2.41. The Labute approximate surface area is 133 Å². The zero-order valence-electron chi connectivity index (χ0n) is 12.4. The predicted octanol–water partition coefficient (Wildman–Crippen LogP) is 2.16. The molecule has 1 aromatic carbocycles. The Morgan fingerprint density at radius 3 is 2.86 bits per heavy atom. The SMILES string of the molecule is COC(=O)c1ccc(-c2nc(CN3CC[C@H](O)C3)cs2)cc1. The van der Waals surface area contributed by atoms with Gasteiger partial charge in [-0.25, -0.2) is 9.78 Å². The number of methoxy groups -OCH3 is 1. The van der Waals surface area contributed by atoms with E-state index >= 15 is 0 Å². The second-order valence-electron chi connectivity index (χ2n) is 5.39. The lowest BCUT2D eigenvalue weighted by Gasteiger charge is -2.12. The highest BCUT2D eigenvalue weighted by Gasteiger charge is 2.20. The molecule has 0 aliphatic carbocycles. The number of aliphatic hydroxyl groups is 1. The van der Waals surface area contributed by atoms with Gasteiger partial charge in [0.2, 0.25) is 0 Å². The van der Waals surface area contributed by atoms with E-state index in [2.05, 4.69) is 9.88 Å². The summed E-state index contributed by atoms with van der Waals surface area (Å²) in [5, 5.41) is 12.5. The Kier molecular flexibility index (Phi) is 4.52. The number of ether oxygens (including phenoxy) is 1. The maximum Gasteiger partial charge on any atom is 0.337 e. The Balaban J connectivity index is 1.69. The standard InChI is InChI=1S/C16H18N2O3S/c1-21-16(20)12-4-2-11(3-5-12)15-17-13(10-22-15)8-18-7-6-14(19)9-18/h2-5,10,14,19H,6-9H2,1H3/t14-/m0/s1. The van der Waals surface area contributed by atoms with Crippen LogP contribution in [0.4, 0.5) is 0 Å². The van der Waals surface area contributed by atoms with Crippen LogP contribution in [0.1, 0.15) is 22.5 Å². The molecule has 1 N–H and O–H groups in total. The molecule has 0 saturated carbocycles. The highest BCUT2D eigenvalue weighted by atomic mass is 32.1. The summed E-state index contributed by atoms with van der Waals surface area (Å²) in [4.78, 5) is 18.3. The summed E-state index contributed by atoms with van der Waals surface area (Å²) in [5.41, 5.74) is 2.55. The van der Waals surface area contributed by atoms with Crippen LogP contribution >= 0.6 is 11.3 Å². The van der Waals surface area contributed by atoms with E-state index in [0.29, 0.717) is 5.56 Å². The number of likely N-dealkylation sites (tertiary alicyclic amines) is 1. The molecule has 0 spiro atoms. The number of benzene rings is 1. The minimum atomic E-state index is -0.334. The lowest BCUT2D eigenvalue weighted by Crippen LogP contribution is -2.21. The van der Waals surface area contributed by atoms with Crippen molar-refractivity contribution in [3.05, 3.63) is 40.9 Å². The van der Waals surface area contributed by atoms with Gasteiger partial charge in [0, 0.05) is 30.6 Å². The second kappa shape index (κ2) is 6.56. The molecule has 6 heteroatoms. The van der Waals surface area contributed by atoms with Gasteiger partial charge in [-0.15, -0.1) is 11.3 Å². The highest BCUT2D eigenvalue weighted by Crippen LogP contribution is 2.25. The Morgan fingerprint density at radius 2 is 2.23 bits per heavy atom. The zero-order chi connectivity index (χ0) is 15.5. The smallest absolute Gasteiger partial charge is 0.337 e. The molecule has 1 atom stereocenters. The number of esters is 1. The average Bonchev–Trinajstić information content (AvgIpc) is 3.16. The van der Waals surface area contributed by atoms with Crippen molar-refractivity contribution in [1.29, 1.82) is 0 Å². The van der Waals surface area contributed by atoms with E-state index in [1.54, 1.807) is 23.5 Å². The molecule has 0 amide bonds. The molecule has 1 fully saturated rings. The minimum Gasteiger partial charge on any atom is -0.465 e. The van der Waals surface area contributed by atoms with Crippen LogP contribution in [0.3, 0.4) is 0 Å². The number of carbonyl (C=O) groups excluding carboxylic acids is 1. The normalized spacial score (nSPS) is 18.5. The maximum atomic E-state index is 11.4.